The van der Waals surface area contributed by atoms with E-state index in [1.807, 2.05) is 0 Å². The number of halogens is 1. The maximum Gasteiger partial charge on any atom is 0.159 e. The van der Waals surface area contributed by atoms with Gasteiger partial charge in [-0.1, -0.05) is 23.7 Å². The van der Waals surface area contributed by atoms with Gasteiger partial charge in [-0.2, -0.15) is 5.26 Å². The Morgan fingerprint density at radius 2 is 2.15 bits per heavy atom. The largest absolute Gasteiger partial charge is 0.494 e. The molecule has 2 aromatic carbocycles. The standard InChI is InChI=1S/C32H32ClN5O3/c1-5-40-31-17-29-27(15-22(31)14-26(39)10-7-13-38(3)4)32(23(18-34)19-35-29)37-24-11-12-30(28(33)16-24)41-20-25-9-6-8-21(2)36-25/h6-12,15-17,19H,5,13-14,20H2,1-4H3,(H,35,37)/b10-7+/i3D3,5D2,6D,7D,8D,9D,10D,11D,12D,15D,16D,17D,19D. The number of pyridine rings is 2. The van der Waals surface area contributed by atoms with Crippen LogP contribution in [0.15, 0.2) is 66.6 Å². The molecular weight excluding hydrogens is 538 g/mol. The highest BCUT2D eigenvalue weighted by Gasteiger charge is 2.16. The Kier molecular flexibility index (Phi) is 5.02. The van der Waals surface area contributed by atoms with Crippen LogP contribution in [0.1, 0.15) is 51.4 Å². The van der Waals surface area contributed by atoms with Crippen molar-refractivity contribution in [2.75, 3.05) is 32.4 Å². The second kappa shape index (κ2) is 13.8. The number of benzene rings is 2. The number of carbonyl (C=O) groups is 1. The molecule has 0 aliphatic heterocycles. The van der Waals surface area contributed by atoms with Gasteiger partial charge in [-0.05, 0) is 70.2 Å². The zero-order valence-electron chi connectivity index (χ0n) is 38.0. The van der Waals surface area contributed by atoms with Gasteiger partial charge < -0.3 is 19.7 Å². The Morgan fingerprint density at radius 3 is 2.93 bits per heavy atom. The predicted octanol–water partition coefficient (Wildman–Crippen LogP) is 6.41. The normalized spacial score (nSPS) is 17.9. The molecule has 4 aromatic rings. The number of aromatic nitrogens is 2. The van der Waals surface area contributed by atoms with Gasteiger partial charge in [0, 0.05) is 51.6 Å². The van der Waals surface area contributed by atoms with E-state index < -0.39 is 149 Å². The fourth-order valence-corrected chi connectivity index (χ4v) is 3.57. The molecule has 8 nitrogen and oxygen atoms in total. The molecule has 0 aliphatic rings. The summed E-state index contributed by atoms with van der Waals surface area (Å²) in [6.07, 6.45) is -1.75. The quantitative estimate of drug-likeness (QED) is 0.190. The molecule has 0 unspecified atom stereocenters. The molecule has 2 heterocycles. The number of anilines is 2. The van der Waals surface area contributed by atoms with Gasteiger partial charge in [-0.3, -0.25) is 14.8 Å². The summed E-state index contributed by atoms with van der Waals surface area (Å²) >= 11 is 6.46. The van der Waals surface area contributed by atoms with Gasteiger partial charge in [0.25, 0.3) is 0 Å². The van der Waals surface area contributed by atoms with Crippen molar-refractivity contribution < 1.29 is 36.2 Å². The summed E-state index contributed by atoms with van der Waals surface area (Å²) in [5, 5.41) is 11.7. The van der Waals surface area contributed by atoms with Gasteiger partial charge in [-0.15, -0.1) is 0 Å². The lowest BCUT2D eigenvalue weighted by Gasteiger charge is -2.16. The molecular formula is C32H32ClN5O3. The van der Waals surface area contributed by atoms with Crippen molar-refractivity contribution in [2.45, 2.75) is 26.9 Å². The molecule has 0 spiro atoms. The van der Waals surface area contributed by atoms with Gasteiger partial charge in [0.05, 0.1) is 51.9 Å². The summed E-state index contributed by atoms with van der Waals surface area (Å²) in [4.78, 5) is 22.2. The molecule has 0 saturated heterocycles. The number of ether oxygens (including phenoxy) is 2. The first kappa shape index (κ1) is 15.0. The molecule has 0 aliphatic carbocycles. The summed E-state index contributed by atoms with van der Waals surface area (Å²) < 4.78 is 142. The second-order valence-electron chi connectivity index (χ2n) is 8.26. The Labute approximate surface area is 267 Å². The van der Waals surface area contributed by atoms with Crippen molar-refractivity contribution in [3.05, 3.63) is 94.2 Å². The number of nitrogens with zero attached hydrogens (tertiary/aromatic N) is 4. The molecule has 4 rings (SSSR count). The lowest BCUT2D eigenvalue weighted by molar-refractivity contribution is -0.114. The first-order valence-corrected chi connectivity index (χ1v) is 12.2. The minimum atomic E-state index is -2.66. The monoisotopic (exact) mass is 585 g/mol. The van der Waals surface area contributed by atoms with Crippen molar-refractivity contribution in [1.29, 1.82) is 5.26 Å². The Balaban J connectivity index is 1.93. The molecule has 1 N–H and O–H groups in total. The number of fused-ring (bicyclic) bond motifs is 1. The average molecular weight is 586 g/mol. The number of hydrogen-bond donors (Lipinski definition) is 1. The first-order chi connectivity index (χ1) is 26.2. The minimum absolute atomic E-state index is 0.0907. The van der Waals surface area contributed by atoms with Crippen LogP contribution < -0.4 is 14.8 Å². The Morgan fingerprint density at radius 1 is 1.29 bits per heavy atom. The summed E-state index contributed by atoms with van der Waals surface area (Å²) in [6, 6.07) is -4.73. The van der Waals surface area contributed by atoms with E-state index in [4.69, 9.17) is 41.6 Å². The number of carbonyl (C=O) groups excluding carboxylic acids is 1. The third-order valence-corrected chi connectivity index (χ3v) is 5.35. The van der Waals surface area contributed by atoms with Crippen molar-refractivity contribution in [1.82, 2.24) is 14.9 Å². The van der Waals surface area contributed by atoms with E-state index in [0.29, 0.717) is 0 Å². The highest BCUT2D eigenvalue weighted by Crippen LogP contribution is 2.36. The van der Waals surface area contributed by atoms with Gasteiger partial charge in [0.15, 0.2) is 5.78 Å². The molecule has 9 heteroatoms. The topological polar surface area (TPSA) is 100 Å². The number of rotatable bonds is 12. The molecule has 0 bridgehead atoms. The van der Waals surface area contributed by atoms with Crippen LogP contribution >= 0.6 is 11.6 Å². The smallest absolute Gasteiger partial charge is 0.159 e. The fraction of sp³-hybridized carbons (Fsp3) is 0.250. The number of ketones is 1. The third kappa shape index (κ3) is 7.82. The maximum absolute atomic E-state index is 13.4. The second-order valence-corrected chi connectivity index (χ2v) is 8.63. The highest BCUT2D eigenvalue weighted by molar-refractivity contribution is 6.32. The van der Waals surface area contributed by atoms with Crippen LogP contribution in [0.5, 0.6) is 11.5 Å². The molecule has 0 fully saturated rings. The van der Waals surface area contributed by atoms with Crippen LogP contribution in [-0.4, -0.2) is 47.8 Å². The van der Waals surface area contributed by atoms with Gasteiger partial charge >= 0.3 is 0 Å². The molecule has 0 radical (unpaired) electrons. The number of nitrogens with one attached hydrogen (secondary N) is 1. The van der Waals surface area contributed by atoms with Crippen molar-refractivity contribution in [2.24, 2.45) is 0 Å². The lowest BCUT2D eigenvalue weighted by Crippen LogP contribution is -2.11. The summed E-state index contributed by atoms with van der Waals surface area (Å²) in [5.74, 6) is -2.36. The number of nitriles is 1. The zero-order valence-corrected chi connectivity index (χ0v) is 22.8. The van der Waals surface area contributed by atoms with E-state index in [9.17, 15) is 11.4 Å². The van der Waals surface area contributed by atoms with Crippen LogP contribution in [0.4, 0.5) is 11.4 Å². The number of aryl methyl sites for hydroxylation is 1. The summed E-state index contributed by atoms with van der Waals surface area (Å²) in [6.45, 7) is -3.99. The van der Waals surface area contributed by atoms with E-state index in [0.717, 1.165) is 18.9 Å². The molecule has 41 heavy (non-hydrogen) atoms. The van der Waals surface area contributed by atoms with Gasteiger partial charge in [-0.25, -0.2) is 0 Å². The number of likely N-dealkylation sites (N-methyl/N-ethyl adjacent to an activating group) is 1. The van der Waals surface area contributed by atoms with E-state index in [1.165, 1.54) is 6.92 Å². The number of hydrogen-bond acceptors (Lipinski definition) is 8. The van der Waals surface area contributed by atoms with E-state index in [1.54, 1.807) is 6.07 Å². The zero-order chi connectivity index (χ0) is 43.2. The first-order valence-electron chi connectivity index (χ1n) is 19.8. The molecule has 0 atom stereocenters. The fourth-order valence-electron chi connectivity index (χ4n) is 3.37. The maximum atomic E-state index is 13.4. The Hall–Kier alpha value is -4.45. The molecule has 0 saturated carbocycles. The van der Waals surface area contributed by atoms with Crippen molar-refractivity contribution in [3.8, 4) is 17.6 Å². The van der Waals surface area contributed by atoms with E-state index in [-0.39, 0.29) is 17.4 Å². The summed E-state index contributed by atoms with van der Waals surface area (Å²) in [5.41, 5.74) is -2.66. The average Bonchev–Trinajstić information content (AvgIpc) is 3.12. The SMILES string of the molecule is [2H]/C(CN(C)C([2H])([2H])[2H])=C(/[2H])C(=O)Cc1c(OC([2H])([2H])C)c([2H])c2nc([2H])c(C#N)c(Nc3c([2H])c([2H])c(OCc4nc(C)c([2H])c([2H])c4[2H])c(Cl)c3[2H])c2c1[2H]. The van der Waals surface area contributed by atoms with Crippen LogP contribution in [0.25, 0.3) is 10.9 Å². The van der Waals surface area contributed by atoms with Gasteiger partial charge in [0.2, 0.25) is 0 Å². The van der Waals surface area contributed by atoms with Crippen molar-refractivity contribution >= 4 is 39.7 Å². The van der Waals surface area contributed by atoms with Crippen molar-refractivity contribution in [3.63, 3.8) is 0 Å². The van der Waals surface area contributed by atoms with Crippen LogP contribution in [0.2, 0.25) is 5.02 Å². The third-order valence-electron chi connectivity index (χ3n) is 5.09. The Bertz CT molecular complexity index is 2370. The predicted molar refractivity (Wildman–Crippen MR) is 162 cm³/mol. The van der Waals surface area contributed by atoms with Gasteiger partial charge in [0.1, 0.15) is 24.2 Å². The highest BCUT2D eigenvalue weighted by atomic mass is 35.5. The van der Waals surface area contributed by atoms with E-state index in [2.05, 4.69) is 15.3 Å². The minimum Gasteiger partial charge on any atom is -0.494 e. The molecule has 2 aromatic heterocycles. The lowest BCUT2D eigenvalue weighted by atomic mass is 10.0. The summed E-state index contributed by atoms with van der Waals surface area (Å²) in [7, 11) is 1.14. The van der Waals surface area contributed by atoms with Crippen LogP contribution in [0, 0.1) is 18.3 Å². The van der Waals surface area contributed by atoms with Crippen LogP contribution in [0.3, 0.4) is 0 Å². The molecule has 210 valence electrons. The van der Waals surface area contributed by atoms with E-state index >= 15 is 0 Å². The number of allylic oxidation sites excluding steroid dienone is 1. The molecule has 0 amide bonds. The van der Waals surface area contributed by atoms with Crippen LogP contribution in [-0.2, 0) is 17.8 Å².